The lowest BCUT2D eigenvalue weighted by molar-refractivity contribution is 1.12. The van der Waals surface area contributed by atoms with Crippen LogP contribution in [0.3, 0.4) is 0 Å². The van der Waals surface area contributed by atoms with Gasteiger partial charge in [-0.25, -0.2) is 0 Å². The first kappa shape index (κ1) is 8.70. The van der Waals surface area contributed by atoms with Crippen LogP contribution in [0.1, 0.15) is 6.42 Å². The van der Waals surface area contributed by atoms with Gasteiger partial charge < -0.3 is 0 Å². The highest BCUT2D eigenvalue weighted by Crippen LogP contribution is 2.03. The fourth-order valence-corrected chi connectivity index (χ4v) is 0.641. The van der Waals surface area contributed by atoms with Crippen LogP contribution >= 0.6 is 22.6 Å². The van der Waals surface area contributed by atoms with E-state index in [0.29, 0.717) is 0 Å². The number of alkyl halides is 1. The quantitative estimate of drug-likeness (QED) is 0.417. The van der Waals surface area contributed by atoms with Crippen molar-refractivity contribution in [3.63, 3.8) is 0 Å². The predicted octanol–water partition coefficient (Wildman–Crippen LogP) is 2.45. The summed E-state index contributed by atoms with van der Waals surface area (Å²) in [6.45, 7) is 3.51. The van der Waals surface area contributed by atoms with E-state index in [1.165, 1.54) is 0 Å². The summed E-state index contributed by atoms with van der Waals surface area (Å²) in [6, 6.07) is 2.12. The Morgan fingerprint density at radius 1 is 1.78 bits per heavy atom. The van der Waals surface area contributed by atoms with Crippen molar-refractivity contribution in [2.75, 3.05) is 0 Å². The first-order valence-corrected chi connectivity index (χ1v) is 3.87. The van der Waals surface area contributed by atoms with Crippen LogP contribution in [0.4, 0.5) is 0 Å². The molecule has 0 aromatic heterocycles. The monoisotopic (exact) mass is 233 g/mol. The first-order chi connectivity index (χ1) is 4.31. The Hall–Kier alpha value is -0.300. The van der Waals surface area contributed by atoms with E-state index in [-0.39, 0.29) is 3.92 Å². The van der Waals surface area contributed by atoms with Gasteiger partial charge in [-0.2, -0.15) is 5.26 Å². The molecular weight excluding hydrogens is 225 g/mol. The van der Waals surface area contributed by atoms with E-state index in [1.807, 2.05) is 12.2 Å². The lowest BCUT2D eigenvalue weighted by Gasteiger charge is -1.88. The minimum absolute atomic E-state index is 0.0961. The summed E-state index contributed by atoms with van der Waals surface area (Å²) in [4.78, 5) is 0. The predicted molar refractivity (Wildman–Crippen MR) is 47.4 cm³/mol. The highest BCUT2D eigenvalue weighted by atomic mass is 127. The highest BCUT2D eigenvalue weighted by molar-refractivity contribution is 14.1. The van der Waals surface area contributed by atoms with Gasteiger partial charge in [0.2, 0.25) is 0 Å². The minimum atomic E-state index is 0.0961. The zero-order chi connectivity index (χ0) is 7.11. The van der Waals surface area contributed by atoms with Gasteiger partial charge in [0.1, 0.15) is 3.92 Å². The topological polar surface area (TPSA) is 23.8 Å². The molecule has 0 aromatic rings. The Kier molecular flexibility index (Phi) is 5.64. The van der Waals surface area contributed by atoms with E-state index < -0.39 is 0 Å². The number of rotatable bonds is 3. The van der Waals surface area contributed by atoms with Crippen molar-refractivity contribution in [1.29, 1.82) is 5.26 Å². The Morgan fingerprint density at radius 2 is 2.44 bits per heavy atom. The molecule has 0 radical (unpaired) electrons. The van der Waals surface area contributed by atoms with Crippen molar-refractivity contribution >= 4 is 22.6 Å². The Labute approximate surface area is 69.2 Å². The van der Waals surface area contributed by atoms with Crippen LogP contribution in [-0.4, -0.2) is 3.92 Å². The second-order valence-electron chi connectivity index (χ2n) is 1.50. The summed E-state index contributed by atoms with van der Waals surface area (Å²) >= 11 is 2.10. The molecule has 0 saturated heterocycles. The average Bonchev–Trinajstić information content (AvgIpc) is 1.89. The molecule has 0 amide bonds. The van der Waals surface area contributed by atoms with Crippen LogP contribution in [0.15, 0.2) is 24.8 Å². The molecule has 0 fully saturated rings. The molecule has 0 bridgehead atoms. The number of hydrogen-bond donors (Lipinski definition) is 0. The lowest BCUT2D eigenvalue weighted by Crippen LogP contribution is -1.87. The molecule has 2 heteroatoms. The van der Waals surface area contributed by atoms with Crippen molar-refractivity contribution in [3.05, 3.63) is 24.8 Å². The largest absolute Gasteiger partial charge is 0.197 e. The zero-order valence-electron chi connectivity index (χ0n) is 5.05. The first-order valence-electron chi connectivity index (χ1n) is 2.62. The third-order valence-electron chi connectivity index (χ3n) is 0.755. The van der Waals surface area contributed by atoms with Crippen LogP contribution in [-0.2, 0) is 0 Å². The van der Waals surface area contributed by atoms with Crippen molar-refractivity contribution in [1.82, 2.24) is 0 Å². The van der Waals surface area contributed by atoms with Crippen LogP contribution < -0.4 is 0 Å². The van der Waals surface area contributed by atoms with E-state index in [9.17, 15) is 0 Å². The molecular formula is C7H8IN. The summed E-state index contributed by atoms with van der Waals surface area (Å²) in [6.07, 6.45) is 6.31. The van der Waals surface area contributed by atoms with Crippen LogP contribution in [0.5, 0.6) is 0 Å². The standard InChI is InChI=1S/C7H8IN/c1-2-3-4-5-7(8)6-9/h2-4,7H,1,5H2/b4-3-. The van der Waals surface area contributed by atoms with Gasteiger partial charge in [-0.1, -0.05) is 47.4 Å². The van der Waals surface area contributed by atoms with Crippen molar-refractivity contribution in [2.45, 2.75) is 10.3 Å². The summed E-state index contributed by atoms with van der Waals surface area (Å²) in [5.74, 6) is 0. The Bertz CT molecular complexity index is 143. The maximum atomic E-state index is 8.32. The molecule has 0 saturated carbocycles. The molecule has 9 heavy (non-hydrogen) atoms. The second-order valence-corrected chi connectivity index (χ2v) is 3.00. The number of hydrogen-bond acceptors (Lipinski definition) is 1. The molecule has 0 aliphatic heterocycles. The van der Waals surface area contributed by atoms with Gasteiger partial charge in [0, 0.05) is 0 Å². The molecule has 0 N–H and O–H groups in total. The van der Waals surface area contributed by atoms with Gasteiger partial charge in [0.25, 0.3) is 0 Å². The van der Waals surface area contributed by atoms with Crippen molar-refractivity contribution < 1.29 is 0 Å². The SMILES string of the molecule is C=C/C=C\CC(I)C#N. The fourth-order valence-electron chi connectivity index (χ4n) is 0.347. The van der Waals surface area contributed by atoms with Gasteiger partial charge in [-0.3, -0.25) is 0 Å². The van der Waals surface area contributed by atoms with Gasteiger partial charge in [0.05, 0.1) is 6.07 Å². The number of allylic oxidation sites excluding steroid dienone is 3. The number of nitrogens with zero attached hydrogens (tertiary/aromatic N) is 1. The number of nitriles is 1. The molecule has 0 aromatic carbocycles. The van der Waals surface area contributed by atoms with Crippen molar-refractivity contribution in [2.24, 2.45) is 0 Å². The summed E-state index contributed by atoms with van der Waals surface area (Å²) in [7, 11) is 0. The molecule has 1 unspecified atom stereocenters. The van der Waals surface area contributed by atoms with E-state index in [0.717, 1.165) is 6.42 Å². The molecule has 48 valence electrons. The van der Waals surface area contributed by atoms with E-state index in [2.05, 4.69) is 35.2 Å². The molecule has 0 aliphatic rings. The van der Waals surface area contributed by atoms with Gasteiger partial charge >= 0.3 is 0 Å². The van der Waals surface area contributed by atoms with Crippen LogP contribution in [0.25, 0.3) is 0 Å². The lowest BCUT2D eigenvalue weighted by atomic mass is 10.3. The molecule has 0 aliphatic carbocycles. The Morgan fingerprint density at radius 3 is 2.89 bits per heavy atom. The molecule has 0 spiro atoms. The van der Waals surface area contributed by atoms with Gasteiger partial charge in [-0.05, 0) is 6.42 Å². The number of halogens is 1. The van der Waals surface area contributed by atoms with Crippen LogP contribution in [0, 0.1) is 11.3 Å². The zero-order valence-corrected chi connectivity index (χ0v) is 7.21. The third kappa shape index (κ3) is 5.57. The maximum absolute atomic E-state index is 8.32. The average molecular weight is 233 g/mol. The Balaban J connectivity index is 3.40. The van der Waals surface area contributed by atoms with Gasteiger partial charge in [0.15, 0.2) is 0 Å². The summed E-state index contributed by atoms with van der Waals surface area (Å²) in [5.41, 5.74) is 0. The summed E-state index contributed by atoms with van der Waals surface area (Å²) in [5, 5.41) is 8.32. The second kappa shape index (κ2) is 5.83. The van der Waals surface area contributed by atoms with Crippen molar-refractivity contribution in [3.8, 4) is 6.07 Å². The normalized spacial score (nSPS) is 12.9. The fraction of sp³-hybridized carbons (Fsp3) is 0.286. The van der Waals surface area contributed by atoms with E-state index in [4.69, 9.17) is 5.26 Å². The molecule has 0 rings (SSSR count). The van der Waals surface area contributed by atoms with Crippen LogP contribution in [0.2, 0.25) is 0 Å². The van der Waals surface area contributed by atoms with E-state index >= 15 is 0 Å². The summed E-state index contributed by atoms with van der Waals surface area (Å²) < 4.78 is 0.0961. The van der Waals surface area contributed by atoms with Gasteiger partial charge in [-0.15, -0.1) is 0 Å². The molecule has 1 atom stereocenters. The highest BCUT2D eigenvalue weighted by Gasteiger charge is 1.94. The molecule has 0 heterocycles. The third-order valence-corrected chi connectivity index (χ3v) is 1.54. The smallest absolute Gasteiger partial charge is 0.101 e. The maximum Gasteiger partial charge on any atom is 0.101 e. The minimum Gasteiger partial charge on any atom is -0.197 e. The van der Waals surface area contributed by atoms with E-state index in [1.54, 1.807) is 6.08 Å². The molecule has 1 nitrogen and oxygen atoms in total.